The lowest BCUT2D eigenvalue weighted by Gasteiger charge is -2.51. The molecule has 2 saturated heterocycles. The SMILES string of the molecule is Cc1ccc(-c2cc3c(cn2)CCc2c4c(n(C)c2-3)CC2(CNC2)NC4=O)cn1.Cn1c2c(c3c1-c1cc(Cl)ncc1CC3)C(=O)NC1(C2)CN(C(=O)OC(C)(C)C)C1. The zero-order chi connectivity index (χ0) is 41.2. The predicted octanol–water partition coefficient (Wildman–Crippen LogP) is 5.30. The monoisotopic (exact) mass is 813 g/mol. The van der Waals surface area contributed by atoms with Gasteiger partial charge in [-0.1, -0.05) is 11.6 Å². The Morgan fingerprint density at radius 2 is 1.36 bits per heavy atom. The van der Waals surface area contributed by atoms with E-state index in [2.05, 4.69) is 54.2 Å². The first-order chi connectivity index (χ1) is 28.1. The number of hydrogen-bond acceptors (Lipinski definition) is 8. The Labute approximate surface area is 347 Å². The molecule has 3 N–H and O–H groups in total. The van der Waals surface area contributed by atoms with Crippen LogP contribution in [0.3, 0.4) is 0 Å². The second kappa shape index (κ2) is 13.2. The highest BCUT2D eigenvalue weighted by molar-refractivity contribution is 6.29. The van der Waals surface area contributed by atoms with E-state index in [0.717, 1.165) is 101 Å². The van der Waals surface area contributed by atoms with Gasteiger partial charge < -0.3 is 34.7 Å². The van der Waals surface area contributed by atoms with Crippen LogP contribution in [0.15, 0.2) is 42.9 Å². The van der Waals surface area contributed by atoms with Gasteiger partial charge in [-0.05, 0) is 99.9 Å². The Kier molecular flexibility index (Phi) is 8.46. The Bertz CT molecular complexity index is 2630. The molecule has 0 saturated carbocycles. The molecule has 3 amide bonds. The minimum atomic E-state index is -0.538. The van der Waals surface area contributed by atoms with Crippen LogP contribution in [0.2, 0.25) is 5.15 Å². The van der Waals surface area contributed by atoms with Crippen LogP contribution in [-0.2, 0) is 57.4 Å². The molecule has 2 aliphatic carbocycles. The van der Waals surface area contributed by atoms with Crippen molar-refractivity contribution in [2.75, 3.05) is 26.2 Å². The van der Waals surface area contributed by atoms with E-state index in [0.29, 0.717) is 24.7 Å². The molecular weight excluding hydrogens is 766 g/mol. The molecule has 59 heavy (non-hydrogen) atoms. The number of hydrogen-bond donors (Lipinski definition) is 3. The van der Waals surface area contributed by atoms with Gasteiger partial charge in [0.05, 0.1) is 39.3 Å². The Morgan fingerprint density at radius 3 is 1.92 bits per heavy atom. The number of rotatable bonds is 1. The van der Waals surface area contributed by atoms with E-state index in [1.54, 1.807) is 4.90 Å². The number of nitrogens with zero attached hydrogens (tertiary/aromatic N) is 6. The van der Waals surface area contributed by atoms with Crippen LogP contribution in [0.4, 0.5) is 4.79 Å². The van der Waals surface area contributed by atoms with Gasteiger partial charge in [0.15, 0.2) is 0 Å². The molecule has 2 spiro atoms. The first-order valence-corrected chi connectivity index (χ1v) is 20.8. The summed E-state index contributed by atoms with van der Waals surface area (Å²) < 4.78 is 9.86. The first kappa shape index (κ1) is 37.7. The van der Waals surface area contributed by atoms with E-state index >= 15 is 0 Å². The largest absolute Gasteiger partial charge is 0.444 e. The Balaban J connectivity index is 0.000000143. The van der Waals surface area contributed by atoms with Crippen LogP contribution in [0.1, 0.15) is 80.8 Å². The van der Waals surface area contributed by atoms with E-state index in [4.69, 9.17) is 21.3 Å². The van der Waals surface area contributed by atoms with Crippen molar-refractivity contribution in [3.63, 3.8) is 0 Å². The Hall–Kier alpha value is -5.53. The number of fused-ring (bicyclic) bond motifs is 10. The van der Waals surface area contributed by atoms with Gasteiger partial charge in [-0.2, -0.15) is 0 Å². The molecule has 304 valence electrons. The van der Waals surface area contributed by atoms with Gasteiger partial charge in [0.2, 0.25) is 0 Å². The summed E-state index contributed by atoms with van der Waals surface area (Å²) in [6.45, 7) is 10.1. The smallest absolute Gasteiger partial charge is 0.410 e. The number of ether oxygens (including phenoxy) is 1. The fourth-order valence-corrected chi connectivity index (χ4v) is 10.3. The van der Waals surface area contributed by atoms with Gasteiger partial charge in [-0.3, -0.25) is 19.6 Å². The van der Waals surface area contributed by atoms with Crippen LogP contribution in [-0.4, -0.2) is 89.8 Å². The van der Waals surface area contributed by atoms with Crippen LogP contribution in [0.5, 0.6) is 0 Å². The van der Waals surface area contributed by atoms with Gasteiger partial charge in [-0.15, -0.1) is 0 Å². The maximum atomic E-state index is 13.2. The number of nitrogens with one attached hydrogen (secondary N) is 3. The zero-order valence-corrected chi connectivity index (χ0v) is 35.1. The number of aryl methyl sites for hydroxylation is 3. The van der Waals surface area contributed by atoms with Gasteiger partial charge in [0, 0.05) is 105 Å². The number of aromatic nitrogens is 5. The van der Waals surface area contributed by atoms with E-state index < -0.39 is 11.1 Å². The lowest BCUT2D eigenvalue weighted by molar-refractivity contribution is -0.0170. The summed E-state index contributed by atoms with van der Waals surface area (Å²) in [6.07, 6.45) is 10.4. The van der Waals surface area contributed by atoms with Crippen molar-refractivity contribution in [3.05, 3.63) is 98.5 Å². The maximum Gasteiger partial charge on any atom is 0.410 e. The van der Waals surface area contributed by atoms with Gasteiger partial charge in [-0.25, -0.2) is 9.78 Å². The molecule has 14 heteroatoms. The number of halogens is 1. The van der Waals surface area contributed by atoms with Crippen molar-refractivity contribution in [3.8, 4) is 33.8 Å². The molecular formula is C45H48ClN9O4. The van der Waals surface area contributed by atoms with Crippen molar-refractivity contribution < 1.29 is 19.1 Å². The molecule has 0 unspecified atom stereocenters. The minimum absolute atomic E-state index is 0.0551. The molecule has 4 aliphatic heterocycles. The number of likely N-dealkylation sites (tertiary alicyclic amines) is 1. The summed E-state index contributed by atoms with van der Waals surface area (Å²) in [4.78, 5) is 53.5. The molecule has 6 aliphatic rings. The molecule has 5 aromatic heterocycles. The maximum absolute atomic E-state index is 13.2. The van der Waals surface area contributed by atoms with E-state index in [1.807, 2.05) is 65.5 Å². The van der Waals surface area contributed by atoms with E-state index in [1.165, 1.54) is 28.1 Å². The Morgan fingerprint density at radius 1 is 0.780 bits per heavy atom. The van der Waals surface area contributed by atoms with Crippen LogP contribution in [0, 0.1) is 6.92 Å². The predicted molar refractivity (Wildman–Crippen MR) is 224 cm³/mol. The average Bonchev–Trinajstić information content (AvgIpc) is 3.63. The second-order valence-electron chi connectivity index (χ2n) is 18.3. The van der Waals surface area contributed by atoms with Crippen LogP contribution in [0.25, 0.3) is 33.8 Å². The lowest BCUT2D eigenvalue weighted by Crippen LogP contribution is -2.74. The van der Waals surface area contributed by atoms with Crippen molar-refractivity contribution in [1.82, 2.24) is 44.9 Å². The summed E-state index contributed by atoms with van der Waals surface area (Å²) in [7, 11) is 4.12. The van der Waals surface area contributed by atoms with E-state index in [-0.39, 0.29) is 23.4 Å². The van der Waals surface area contributed by atoms with Gasteiger partial charge in [0.1, 0.15) is 10.8 Å². The fraction of sp³-hybridized carbons (Fsp3) is 0.422. The standard InChI is InChI=1S/C23H23N5O.C22H25ClN4O3/c1-13-3-4-15(10-25-13)18-7-17-14(9-26-18)5-6-16-20-19(28(2)21(16)17)8-23(11-24-12-23)27-22(20)29;1-21(2,3)30-20(29)27-10-22(11-27)8-15-17(19(28)25-22)13-6-5-12-9-24-16(23)7-14(12)18(13)26(15)4/h3-4,7,9-10,24H,5-6,8,11-12H2,1-2H3,(H,27,29);7,9H,5-6,8,10-11H2,1-4H3,(H,25,28). The number of carbonyl (C=O) groups excluding carboxylic acids is 3. The number of pyridine rings is 3. The highest BCUT2D eigenvalue weighted by Crippen LogP contribution is 2.44. The molecule has 5 aromatic rings. The fourth-order valence-electron chi connectivity index (χ4n) is 10.1. The van der Waals surface area contributed by atoms with E-state index in [9.17, 15) is 14.4 Å². The third-order valence-corrected chi connectivity index (χ3v) is 13.2. The van der Waals surface area contributed by atoms with Crippen molar-refractivity contribution in [2.24, 2.45) is 14.1 Å². The van der Waals surface area contributed by atoms with Crippen molar-refractivity contribution in [1.29, 1.82) is 0 Å². The minimum Gasteiger partial charge on any atom is -0.444 e. The quantitative estimate of drug-likeness (QED) is 0.193. The third-order valence-electron chi connectivity index (χ3n) is 13.0. The average molecular weight is 814 g/mol. The van der Waals surface area contributed by atoms with Crippen LogP contribution < -0.4 is 16.0 Å². The number of amides is 3. The molecule has 0 atom stereocenters. The zero-order valence-electron chi connectivity index (χ0n) is 34.3. The highest BCUT2D eigenvalue weighted by Gasteiger charge is 2.52. The molecule has 2 fully saturated rings. The van der Waals surface area contributed by atoms with Crippen molar-refractivity contribution in [2.45, 2.75) is 82.9 Å². The summed E-state index contributed by atoms with van der Waals surface area (Å²) in [5, 5.41) is 10.2. The summed E-state index contributed by atoms with van der Waals surface area (Å²) >= 11 is 6.17. The third kappa shape index (κ3) is 6.15. The molecule has 13 nitrogen and oxygen atoms in total. The van der Waals surface area contributed by atoms with Gasteiger partial charge in [0.25, 0.3) is 11.8 Å². The van der Waals surface area contributed by atoms with Crippen LogP contribution >= 0.6 is 11.6 Å². The molecule has 0 radical (unpaired) electrons. The number of carbonyl (C=O) groups is 3. The normalized spacial score (nSPS) is 18.7. The summed E-state index contributed by atoms with van der Waals surface area (Å²) in [6, 6.07) is 8.14. The summed E-state index contributed by atoms with van der Waals surface area (Å²) in [5.41, 5.74) is 14.9. The summed E-state index contributed by atoms with van der Waals surface area (Å²) in [5.74, 6) is 0.0330. The molecule has 0 bridgehead atoms. The first-order valence-electron chi connectivity index (χ1n) is 20.4. The topological polar surface area (TPSA) is 148 Å². The highest BCUT2D eigenvalue weighted by atomic mass is 35.5. The van der Waals surface area contributed by atoms with Crippen molar-refractivity contribution >= 4 is 29.5 Å². The second-order valence-corrected chi connectivity index (χ2v) is 18.6. The molecule has 11 rings (SSSR count). The molecule has 0 aromatic carbocycles. The molecule has 9 heterocycles. The van der Waals surface area contributed by atoms with Gasteiger partial charge >= 0.3 is 6.09 Å². The lowest BCUT2D eigenvalue weighted by atomic mass is 9.80.